The third-order valence-corrected chi connectivity index (χ3v) is 5.49. The minimum Gasteiger partial charge on any atom is -0.454 e. The minimum atomic E-state index is 0.293. The van der Waals surface area contributed by atoms with Crippen LogP contribution in [-0.4, -0.2) is 11.8 Å². The summed E-state index contributed by atoms with van der Waals surface area (Å²) >= 11 is 0. The van der Waals surface area contributed by atoms with Gasteiger partial charge in [-0.1, -0.05) is 25.3 Å². The van der Waals surface area contributed by atoms with E-state index < -0.39 is 0 Å². The third kappa shape index (κ3) is 2.85. The molecular weight excluding hydrogens is 324 g/mol. The Labute approximate surface area is 153 Å². The van der Waals surface area contributed by atoms with Crippen LogP contribution in [0.3, 0.4) is 0 Å². The highest BCUT2D eigenvalue weighted by molar-refractivity contribution is 5.93. The summed E-state index contributed by atoms with van der Waals surface area (Å²) < 4.78 is 10.9. The molecule has 4 heteroatoms. The van der Waals surface area contributed by atoms with E-state index in [1.807, 2.05) is 30.5 Å². The molecule has 1 saturated carbocycles. The van der Waals surface area contributed by atoms with Crippen LogP contribution in [-0.2, 0) is 0 Å². The van der Waals surface area contributed by atoms with Gasteiger partial charge in [0.2, 0.25) is 6.79 Å². The largest absolute Gasteiger partial charge is 0.454 e. The van der Waals surface area contributed by atoms with E-state index in [1.165, 1.54) is 43.1 Å². The van der Waals surface area contributed by atoms with Gasteiger partial charge in [-0.2, -0.15) is 0 Å². The SMILES string of the molecule is c1cc(Nc2ccc3c(c2)OCO3)c2cc(C3CCCCC3)ccc2n1. The van der Waals surface area contributed by atoms with Gasteiger partial charge in [-0.3, -0.25) is 4.98 Å². The lowest BCUT2D eigenvalue weighted by atomic mass is 9.83. The van der Waals surface area contributed by atoms with Crippen molar-refractivity contribution in [1.82, 2.24) is 4.98 Å². The molecule has 0 spiro atoms. The first-order chi connectivity index (χ1) is 12.9. The molecule has 1 aliphatic carbocycles. The van der Waals surface area contributed by atoms with Crippen molar-refractivity contribution in [1.29, 1.82) is 0 Å². The molecule has 1 N–H and O–H groups in total. The van der Waals surface area contributed by atoms with E-state index in [4.69, 9.17) is 9.47 Å². The van der Waals surface area contributed by atoms with Crippen molar-refractivity contribution >= 4 is 22.3 Å². The minimum absolute atomic E-state index is 0.293. The summed E-state index contributed by atoms with van der Waals surface area (Å²) in [6, 6.07) is 14.7. The predicted molar refractivity (Wildman–Crippen MR) is 103 cm³/mol. The van der Waals surface area contributed by atoms with E-state index in [9.17, 15) is 0 Å². The van der Waals surface area contributed by atoms with Crippen molar-refractivity contribution < 1.29 is 9.47 Å². The number of rotatable bonds is 3. The molecule has 0 saturated heterocycles. The number of nitrogens with zero attached hydrogens (tertiary/aromatic N) is 1. The quantitative estimate of drug-likeness (QED) is 0.655. The standard InChI is InChI=1S/C22H22N2O2/c1-2-4-15(5-3-1)16-6-8-19-18(12-16)20(10-11-23-19)24-17-7-9-21-22(13-17)26-14-25-21/h6-13,15H,1-5,14H2,(H,23,24). The van der Waals surface area contributed by atoms with E-state index in [0.717, 1.165) is 28.4 Å². The Morgan fingerprint density at radius 3 is 2.69 bits per heavy atom. The lowest BCUT2D eigenvalue weighted by Crippen LogP contribution is -2.04. The Bertz CT molecular complexity index is 948. The van der Waals surface area contributed by atoms with Crippen molar-refractivity contribution in [3.63, 3.8) is 0 Å². The van der Waals surface area contributed by atoms with E-state index in [-0.39, 0.29) is 0 Å². The molecule has 26 heavy (non-hydrogen) atoms. The monoisotopic (exact) mass is 346 g/mol. The van der Waals surface area contributed by atoms with Crippen LogP contribution in [0, 0.1) is 0 Å². The highest BCUT2D eigenvalue weighted by Gasteiger charge is 2.17. The third-order valence-electron chi connectivity index (χ3n) is 5.49. The molecule has 3 aromatic rings. The smallest absolute Gasteiger partial charge is 0.231 e. The number of benzene rings is 2. The lowest BCUT2D eigenvalue weighted by molar-refractivity contribution is 0.174. The van der Waals surface area contributed by atoms with Crippen LogP contribution in [0.15, 0.2) is 48.7 Å². The van der Waals surface area contributed by atoms with Gasteiger partial charge in [-0.15, -0.1) is 0 Å². The summed E-state index contributed by atoms with van der Waals surface area (Å²) in [6.07, 6.45) is 8.53. The number of hydrogen-bond donors (Lipinski definition) is 1. The van der Waals surface area contributed by atoms with E-state index in [0.29, 0.717) is 12.7 Å². The van der Waals surface area contributed by atoms with Crippen molar-refractivity contribution in [2.75, 3.05) is 12.1 Å². The number of ether oxygens (including phenoxy) is 2. The maximum atomic E-state index is 5.49. The van der Waals surface area contributed by atoms with Crippen LogP contribution in [0.4, 0.5) is 11.4 Å². The predicted octanol–water partition coefficient (Wildman–Crippen LogP) is 5.75. The second-order valence-electron chi connectivity index (χ2n) is 7.16. The number of nitrogens with one attached hydrogen (secondary N) is 1. The van der Waals surface area contributed by atoms with Crippen LogP contribution in [0.5, 0.6) is 11.5 Å². The first kappa shape index (κ1) is 15.5. The van der Waals surface area contributed by atoms with Gasteiger partial charge < -0.3 is 14.8 Å². The molecule has 132 valence electrons. The van der Waals surface area contributed by atoms with E-state index in [1.54, 1.807) is 0 Å². The van der Waals surface area contributed by atoms with Gasteiger partial charge in [0.15, 0.2) is 11.5 Å². The number of fused-ring (bicyclic) bond motifs is 2. The topological polar surface area (TPSA) is 43.4 Å². The zero-order valence-electron chi connectivity index (χ0n) is 14.7. The van der Waals surface area contributed by atoms with Gasteiger partial charge in [-0.05, 0) is 54.7 Å². The van der Waals surface area contributed by atoms with Gasteiger partial charge in [0.1, 0.15) is 0 Å². The zero-order chi connectivity index (χ0) is 17.3. The summed E-state index contributed by atoms with van der Waals surface area (Å²) in [4.78, 5) is 4.54. The number of anilines is 2. The zero-order valence-corrected chi connectivity index (χ0v) is 14.7. The lowest BCUT2D eigenvalue weighted by Gasteiger charge is -2.22. The van der Waals surface area contributed by atoms with Crippen LogP contribution in [0.2, 0.25) is 0 Å². The molecular formula is C22H22N2O2. The van der Waals surface area contributed by atoms with E-state index in [2.05, 4.69) is 28.5 Å². The summed E-state index contributed by atoms with van der Waals surface area (Å²) in [7, 11) is 0. The second kappa shape index (κ2) is 6.52. The average Bonchev–Trinajstić information content (AvgIpc) is 3.16. The van der Waals surface area contributed by atoms with E-state index >= 15 is 0 Å². The van der Waals surface area contributed by atoms with Crippen molar-refractivity contribution in [3.8, 4) is 11.5 Å². The Morgan fingerprint density at radius 2 is 1.77 bits per heavy atom. The molecule has 1 aromatic heterocycles. The Hall–Kier alpha value is -2.75. The molecule has 1 aliphatic heterocycles. The molecule has 0 radical (unpaired) electrons. The summed E-state index contributed by atoms with van der Waals surface area (Å²) in [5.41, 5.74) is 4.53. The summed E-state index contributed by atoms with van der Waals surface area (Å²) in [5, 5.41) is 4.71. The number of hydrogen-bond acceptors (Lipinski definition) is 4. The van der Waals surface area contributed by atoms with Crippen LogP contribution < -0.4 is 14.8 Å². The van der Waals surface area contributed by atoms with Crippen LogP contribution in [0.25, 0.3) is 10.9 Å². The van der Waals surface area contributed by atoms with Gasteiger partial charge in [0.25, 0.3) is 0 Å². The molecule has 2 aromatic carbocycles. The summed E-state index contributed by atoms with van der Waals surface area (Å²) in [5.74, 6) is 2.28. The normalized spacial score (nSPS) is 16.8. The molecule has 4 nitrogen and oxygen atoms in total. The Balaban J connectivity index is 1.50. The Kier molecular flexibility index (Phi) is 3.89. The molecule has 2 heterocycles. The molecule has 0 amide bonds. The fourth-order valence-electron chi connectivity index (χ4n) is 4.09. The summed E-state index contributed by atoms with van der Waals surface area (Å²) in [6.45, 7) is 0.293. The van der Waals surface area contributed by atoms with Gasteiger partial charge >= 0.3 is 0 Å². The number of aromatic nitrogens is 1. The average molecular weight is 346 g/mol. The van der Waals surface area contributed by atoms with Gasteiger partial charge in [-0.25, -0.2) is 0 Å². The molecule has 1 fully saturated rings. The first-order valence-electron chi connectivity index (χ1n) is 9.42. The highest BCUT2D eigenvalue weighted by Crippen LogP contribution is 2.37. The molecule has 2 aliphatic rings. The fourth-order valence-corrected chi connectivity index (χ4v) is 4.09. The van der Waals surface area contributed by atoms with Crippen molar-refractivity contribution in [2.45, 2.75) is 38.0 Å². The Morgan fingerprint density at radius 1 is 0.885 bits per heavy atom. The molecule has 0 atom stereocenters. The molecule has 5 rings (SSSR count). The van der Waals surface area contributed by atoms with Gasteiger partial charge in [0, 0.05) is 29.0 Å². The highest BCUT2D eigenvalue weighted by atomic mass is 16.7. The number of pyridine rings is 1. The molecule has 0 bridgehead atoms. The van der Waals surface area contributed by atoms with Crippen molar-refractivity contribution in [3.05, 3.63) is 54.2 Å². The maximum Gasteiger partial charge on any atom is 0.231 e. The first-order valence-corrected chi connectivity index (χ1v) is 9.42. The van der Waals surface area contributed by atoms with Crippen LogP contribution in [0.1, 0.15) is 43.6 Å². The van der Waals surface area contributed by atoms with Crippen molar-refractivity contribution in [2.24, 2.45) is 0 Å². The van der Waals surface area contributed by atoms with Crippen LogP contribution >= 0.6 is 0 Å². The maximum absolute atomic E-state index is 5.49. The molecule has 0 unspecified atom stereocenters. The fraction of sp³-hybridized carbons (Fsp3) is 0.318. The second-order valence-corrected chi connectivity index (χ2v) is 7.16. The van der Waals surface area contributed by atoms with Gasteiger partial charge in [0.05, 0.1) is 5.52 Å².